The van der Waals surface area contributed by atoms with Crippen LogP contribution in [0.2, 0.25) is 0 Å². The van der Waals surface area contributed by atoms with Crippen molar-refractivity contribution < 1.29 is 0 Å². The van der Waals surface area contributed by atoms with Crippen molar-refractivity contribution >= 4 is 32.4 Å². The van der Waals surface area contributed by atoms with Crippen LogP contribution in [0.1, 0.15) is 0 Å². The first-order valence-corrected chi connectivity index (χ1v) is 15.9. The Morgan fingerprint density at radius 1 is 0.333 bits per heavy atom. The zero-order valence-electron chi connectivity index (χ0n) is 25.8. The van der Waals surface area contributed by atoms with Crippen LogP contribution in [0.4, 0.5) is 0 Å². The van der Waals surface area contributed by atoms with Gasteiger partial charge in [-0.1, -0.05) is 121 Å². The Balaban J connectivity index is 1.24. The van der Waals surface area contributed by atoms with Gasteiger partial charge in [-0.2, -0.15) is 0 Å². The van der Waals surface area contributed by atoms with Crippen molar-refractivity contribution in [2.24, 2.45) is 0 Å². The second-order valence-electron chi connectivity index (χ2n) is 11.7. The maximum absolute atomic E-state index is 5.17. The van der Waals surface area contributed by atoms with E-state index in [1.807, 2.05) is 48.5 Å². The molecular weight excluding hydrogens is 587 g/mol. The highest BCUT2D eigenvalue weighted by Gasteiger charge is 2.17. The van der Waals surface area contributed by atoms with Gasteiger partial charge in [0, 0.05) is 34.5 Å². The minimum atomic E-state index is 0.593. The quantitative estimate of drug-likeness (QED) is 0.193. The topological polar surface area (TPSA) is 64.5 Å². The zero-order chi connectivity index (χ0) is 31.9. The maximum Gasteiger partial charge on any atom is 0.179 e. The number of fused-ring (bicyclic) bond motifs is 3. The monoisotopic (exact) mass is 613 g/mol. The van der Waals surface area contributed by atoms with Gasteiger partial charge in [0.2, 0.25) is 0 Å². The fraction of sp³-hybridized carbons (Fsp3) is 0. The second-order valence-corrected chi connectivity index (χ2v) is 11.7. The largest absolute Gasteiger partial charge is 0.244 e. The summed E-state index contributed by atoms with van der Waals surface area (Å²) < 4.78 is 0. The van der Waals surface area contributed by atoms with Crippen LogP contribution in [0.15, 0.2) is 164 Å². The predicted molar refractivity (Wildman–Crippen MR) is 195 cm³/mol. The highest BCUT2D eigenvalue weighted by Crippen LogP contribution is 2.40. The number of benzene rings is 6. The molecule has 9 rings (SSSR count). The molecule has 0 saturated heterocycles. The minimum Gasteiger partial charge on any atom is -0.244 e. The highest BCUT2D eigenvalue weighted by atomic mass is 14.9. The van der Waals surface area contributed by atoms with Gasteiger partial charge >= 0.3 is 0 Å². The Bertz CT molecular complexity index is 2620. The molecule has 0 N–H and O–H groups in total. The first kappa shape index (κ1) is 27.7. The van der Waals surface area contributed by atoms with Gasteiger partial charge in [-0.25, -0.2) is 24.9 Å². The fourth-order valence-electron chi connectivity index (χ4n) is 6.57. The number of aromatic nitrogens is 5. The summed E-state index contributed by atoms with van der Waals surface area (Å²) in [5.74, 6) is 1.31. The molecule has 0 aliphatic carbocycles. The first-order chi connectivity index (χ1) is 23.8. The highest BCUT2D eigenvalue weighted by molar-refractivity contribution is 6.11. The van der Waals surface area contributed by atoms with E-state index in [1.165, 1.54) is 0 Å². The summed E-state index contributed by atoms with van der Waals surface area (Å²) in [4.78, 5) is 24.2. The third kappa shape index (κ3) is 4.86. The van der Waals surface area contributed by atoms with Crippen molar-refractivity contribution in [3.63, 3.8) is 0 Å². The average molecular weight is 614 g/mol. The molecule has 0 fully saturated rings. The van der Waals surface area contributed by atoms with E-state index in [0.717, 1.165) is 83.2 Å². The number of rotatable bonds is 5. The number of nitrogens with zero attached hydrogens (tertiary/aromatic N) is 5. The van der Waals surface area contributed by atoms with E-state index in [4.69, 9.17) is 15.0 Å². The third-order valence-corrected chi connectivity index (χ3v) is 8.84. The second kappa shape index (κ2) is 11.6. The molecule has 9 aromatic rings. The van der Waals surface area contributed by atoms with E-state index >= 15 is 0 Å². The zero-order valence-corrected chi connectivity index (χ0v) is 25.8. The molecule has 0 radical (unpaired) electrons. The minimum absolute atomic E-state index is 0.593. The molecule has 0 aliphatic heterocycles. The van der Waals surface area contributed by atoms with E-state index in [2.05, 4.69) is 113 Å². The van der Waals surface area contributed by atoms with Crippen molar-refractivity contribution in [3.05, 3.63) is 164 Å². The van der Waals surface area contributed by atoms with Crippen molar-refractivity contribution in [2.45, 2.75) is 0 Å². The smallest absolute Gasteiger partial charge is 0.179 e. The average Bonchev–Trinajstić information content (AvgIpc) is 3.17. The molecule has 0 atom stereocenters. The van der Waals surface area contributed by atoms with E-state index in [1.54, 1.807) is 12.4 Å². The normalized spacial score (nSPS) is 11.3. The van der Waals surface area contributed by atoms with Crippen LogP contribution >= 0.6 is 0 Å². The van der Waals surface area contributed by atoms with Crippen LogP contribution in [0.25, 0.3) is 89.0 Å². The molecule has 224 valence electrons. The van der Waals surface area contributed by atoms with Gasteiger partial charge in [0.1, 0.15) is 5.69 Å². The number of hydrogen-bond donors (Lipinski definition) is 0. The summed E-state index contributed by atoms with van der Waals surface area (Å²) in [6.45, 7) is 0. The lowest BCUT2D eigenvalue weighted by molar-refractivity contribution is 1.16. The van der Waals surface area contributed by atoms with Crippen molar-refractivity contribution in [2.75, 3.05) is 0 Å². The fourth-order valence-corrected chi connectivity index (χ4v) is 6.57. The standard InChI is InChI=1S/C43H27N5/c1-2-11-28(12-3-1)40-27-41(48-43(47-40)39-24-19-29-13-4-9-18-38(29)46-39)36-22-20-34(30-14-5-7-16-32(30)36)35-21-23-37(42-44-25-10-26-45-42)33-17-8-6-15-31(33)35/h1-27H. The van der Waals surface area contributed by atoms with Crippen molar-refractivity contribution in [1.82, 2.24) is 24.9 Å². The van der Waals surface area contributed by atoms with Gasteiger partial charge in [-0.05, 0) is 63.0 Å². The van der Waals surface area contributed by atoms with Crippen LogP contribution in [-0.2, 0) is 0 Å². The van der Waals surface area contributed by atoms with E-state index < -0.39 is 0 Å². The summed E-state index contributed by atoms with van der Waals surface area (Å²) in [7, 11) is 0. The Kier molecular flexibility index (Phi) is 6.72. The molecular formula is C43H27N5. The first-order valence-electron chi connectivity index (χ1n) is 15.9. The van der Waals surface area contributed by atoms with Gasteiger partial charge in [0.05, 0.1) is 16.9 Å². The molecule has 48 heavy (non-hydrogen) atoms. The lowest BCUT2D eigenvalue weighted by atomic mass is 9.89. The predicted octanol–water partition coefficient (Wildman–Crippen LogP) is 10.5. The molecule has 0 aliphatic rings. The summed E-state index contributed by atoms with van der Waals surface area (Å²) in [5.41, 5.74) is 8.73. The summed E-state index contributed by atoms with van der Waals surface area (Å²) >= 11 is 0. The number of pyridine rings is 1. The molecule has 5 nitrogen and oxygen atoms in total. The van der Waals surface area contributed by atoms with Gasteiger partial charge in [0.15, 0.2) is 11.6 Å². The Hall–Kier alpha value is -6.59. The third-order valence-electron chi connectivity index (χ3n) is 8.84. The Morgan fingerprint density at radius 2 is 0.896 bits per heavy atom. The van der Waals surface area contributed by atoms with Gasteiger partial charge in [-0.15, -0.1) is 0 Å². The molecule has 6 aromatic carbocycles. The van der Waals surface area contributed by atoms with Gasteiger partial charge in [-0.3, -0.25) is 0 Å². The SMILES string of the molecule is c1ccc(-c2cc(-c3ccc(-c4ccc(-c5ncccn5)c5ccccc45)c4ccccc34)nc(-c3ccc4ccccc4n3)n2)cc1. The van der Waals surface area contributed by atoms with E-state index in [-0.39, 0.29) is 0 Å². The number of para-hydroxylation sites is 1. The van der Waals surface area contributed by atoms with Crippen LogP contribution in [0.5, 0.6) is 0 Å². The molecule has 0 unspecified atom stereocenters. The molecule has 0 bridgehead atoms. The van der Waals surface area contributed by atoms with E-state index in [0.29, 0.717) is 5.82 Å². The molecule has 0 saturated carbocycles. The van der Waals surface area contributed by atoms with E-state index in [9.17, 15) is 0 Å². The van der Waals surface area contributed by atoms with Gasteiger partial charge in [0.25, 0.3) is 0 Å². The maximum atomic E-state index is 5.17. The van der Waals surface area contributed by atoms with Crippen molar-refractivity contribution in [3.8, 4) is 56.5 Å². The number of hydrogen-bond acceptors (Lipinski definition) is 5. The Labute approximate surface area is 277 Å². The lowest BCUT2D eigenvalue weighted by Gasteiger charge is -2.16. The molecule has 3 aromatic heterocycles. The van der Waals surface area contributed by atoms with Crippen LogP contribution in [0, 0.1) is 0 Å². The summed E-state index contributed by atoms with van der Waals surface area (Å²) in [5, 5.41) is 5.61. The lowest BCUT2D eigenvalue weighted by Crippen LogP contribution is -1.98. The summed E-state index contributed by atoms with van der Waals surface area (Å²) in [6.07, 6.45) is 3.57. The molecule has 5 heteroatoms. The van der Waals surface area contributed by atoms with Crippen molar-refractivity contribution in [1.29, 1.82) is 0 Å². The van der Waals surface area contributed by atoms with Crippen LogP contribution in [-0.4, -0.2) is 24.9 Å². The molecule has 3 heterocycles. The van der Waals surface area contributed by atoms with Crippen LogP contribution < -0.4 is 0 Å². The van der Waals surface area contributed by atoms with Crippen LogP contribution in [0.3, 0.4) is 0 Å². The molecule has 0 amide bonds. The Morgan fingerprint density at radius 3 is 1.62 bits per heavy atom. The summed E-state index contributed by atoms with van der Waals surface area (Å²) in [6, 6.07) is 52.2. The van der Waals surface area contributed by atoms with Gasteiger partial charge < -0.3 is 0 Å². The molecule has 0 spiro atoms.